The molecule has 1 aliphatic rings. The van der Waals surface area contributed by atoms with Crippen LogP contribution in [-0.4, -0.2) is 48.9 Å². The molecule has 0 saturated carbocycles. The summed E-state index contributed by atoms with van der Waals surface area (Å²) < 4.78 is 26.6. The zero-order valence-electron chi connectivity index (χ0n) is 15.9. The highest BCUT2D eigenvalue weighted by atomic mass is 32.2. The fourth-order valence-electron chi connectivity index (χ4n) is 3.03. The first-order valence-electron chi connectivity index (χ1n) is 9.36. The molecular formula is C21H25N3O2S2. The zero-order chi connectivity index (χ0) is 20.0. The van der Waals surface area contributed by atoms with E-state index in [4.69, 9.17) is 12.2 Å². The molecule has 0 amide bonds. The van der Waals surface area contributed by atoms with E-state index in [1.165, 1.54) is 15.3 Å². The number of hydrogen-bond donors (Lipinski definition) is 1. The molecule has 0 atom stereocenters. The number of piperazine rings is 1. The van der Waals surface area contributed by atoms with Crippen LogP contribution in [0.5, 0.6) is 0 Å². The topological polar surface area (TPSA) is 52.6 Å². The van der Waals surface area contributed by atoms with Crippen LogP contribution in [0.15, 0.2) is 60.0 Å². The molecule has 1 aliphatic heterocycles. The standard InChI is InChI=1S/C21H25N3O2S2/c1-2-18-9-6-10-20(17-18)22-21(27)23-12-14-24(15-13-23)28(25,26)16-11-19-7-4-3-5-8-19/h3-11,16-17H,2,12-15H2,1H3,(H,22,27)/b16-11+. The van der Waals surface area contributed by atoms with Crippen molar-refractivity contribution in [2.45, 2.75) is 13.3 Å². The van der Waals surface area contributed by atoms with Crippen LogP contribution in [0.2, 0.25) is 0 Å². The van der Waals surface area contributed by atoms with E-state index in [1.54, 1.807) is 6.08 Å². The van der Waals surface area contributed by atoms with Gasteiger partial charge in [0.2, 0.25) is 10.0 Å². The predicted octanol–water partition coefficient (Wildman–Crippen LogP) is 3.56. The summed E-state index contributed by atoms with van der Waals surface area (Å²) in [6.07, 6.45) is 2.60. The third kappa shape index (κ3) is 5.41. The maximum Gasteiger partial charge on any atom is 0.236 e. The van der Waals surface area contributed by atoms with E-state index in [1.807, 2.05) is 47.4 Å². The largest absolute Gasteiger partial charge is 0.346 e. The van der Waals surface area contributed by atoms with Gasteiger partial charge in [0.15, 0.2) is 5.11 Å². The fraction of sp³-hybridized carbons (Fsp3) is 0.286. The quantitative estimate of drug-likeness (QED) is 0.757. The number of nitrogens with zero attached hydrogens (tertiary/aromatic N) is 2. The van der Waals surface area contributed by atoms with E-state index in [0.29, 0.717) is 31.3 Å². The average molecular weight is 416 g/mol. The Bertz CT molecular complexity index is 935. The summed E-state index contributed by atoms with van der Waals surface area (Å²) >= 11 is 5.52. The monoisotopic (exact) mass is 415 g/mol. The zero-order valence-corrected chi connectivity index (χ0v) is 17.5. The third-order valence-electron chi connectivity index (χ3n) is 4.70. The van der Waals surface area contributed by atoms with E-state index < -0.39 is 10.0 Å². The molecule has 1 fully saturated rings. The SMILES string of the molecule is CCc1cccc(NC(=S)N2CCN(S(=O)(=O)/C=C/c3ccccc3)CC2)c1. The molecule has 28 heavy (non-hydrogen) atoms. The lowest BCUT2D eigenvalue weighted by molar-refractivity contribution is 0.270. The second-order valence-electron chi connectivity index (χ2n) is 6.63. The van der Waals surface area contributed by atoms with Gasteiger partial charge in [-0.15, -0.1) is 0 Å². The smallest absolute Gasteiger partial charge is 0.236 e. The van der Waals surface area contributed by atoms with Crippen LogP contribution in [0.25, 0.3) is 6.08 Å². The maximum atomic E-state index is 12.6. The van der Waals surface area contributed by atoms with Gasteiger partial charge in [-0.3, -0.25) is 0 Å². The molecule has 1 saturated heterocycles. The Kier molecular flexibility index (Phi) is 6.83. The van der Waals surface area contributed by atoms with Crippen molar-refractivity contribution in [3.05, 3.63) is 71.1 Å². The number of thiocarbonyl (C=S) groups is 1. The molecule has 2 aromatic carbocycles. The molecule has 0 bridgehead atoms. The number of rotatable bonds is 5. The second-order valence-corrected chi connectivity index (χ2v) is 8.83. The lowest BCUT2D eigenvalue weighted by Crippen LogP contribution is -2.51. The highest BCUT2D eigenvalue weighted by Crippen LogP contribution is 2.15. The number of hydrogen-bond acceptors (Lipinski definition) is 3. The molecular weight excluding hydrogens is 390 g/mol. The van der Waals surface area contributed by atoms with E-state index >= 15 is 0 Å². The molecule has 0 unspecified atom stereocenters. The first kappa shape index (κ1) is 20.5. The Labute approximate surface area is 172 Å². The molecule has 7 heteroatoms. The molecule has 148 valence electrons. The first-order valence-corrected chi connectivity index (χ1v) is 11.3. The van der Waals surface area contributed by atoms with Crippen LogP contribution in [0.1, 0.15) is 18.1 Å². The lowest BCUT2D eigenvalue weighted by Gasteiger charge is -2.35. The van der Waals surface area contributed by atoms with Crippen LogP contribution in [0.4, 0.5) is 5.69 Å². The summed E-state index contributed by atoms with van der Waals surface area (Å²) in [5.74, 6) is 0. The molecule has 1 N–H and O–H groups in total. The summed E-state index contributed by atoms with van der Waals surface area (Å²) in [5.41, 5.74) is 3.07. The highest BCUT2D eigenvalue weighted by Gasteiger charge is 2.26. The fourth-order valence-corrected chi connectivity index (χ4v) is 4.51. The van der Waals surface area contributed by atoms with Gasteiger partial charge < -0.3 is 10.2 Å². The number of benzene rings is 2. The Morgan fingerprint density at radius 3 is 2.46 bits per heavy atom. The normalized spacial score (nSPS) is 15.7. The summed E-state index contributed by atoms with van der Waals surface area (Å²) in [5, 5.41) is 5.17. The minimum absolute atomic E-state index is 0.415. The molecule has 0 radical (unpaired) electrons. The van der Waals surface area contributed by atoms with Crippen molar-refractivity contribution in [1.29, 1.82) is 0 Å². The Morgan fingerprint density at radius 2 is 1.79 bits per heavy atom. The van der Waals surface area contributed by atoms with Gasteiger partial charge in [0.1, 0.15) is 0 Å². The molecule has 1 heterocycles. The van der Waals surface area contributed by atoms with E-state index in [-0.39, 0.29) is 0 Å². The van der Waals surface area contributed by atoms with Gasteiger partial charge in [-0.05, 0) is 48.0 Å². The summed E-state index contributed by atoms with van der Waals surface area (Å²) in [6.45, 7) is 4.08. The van der Waals surface area contributed by atoms with Crippen LogP contribution in [0, 0.1) is 0 Å². The number of sulfonamides is 1. The van der Waals surface area contributed by atoms with Crippen LogP contribution < -0.4 is 5.32 Å². The number of anilines is 1. The minimum Gasteiger partial charge on any atom is -0.346 e. The Balaban J connectivity index is 1.56. The van der Waals surface area contributed by atoms with E-state index in [0.717, 1.165) is 17.7 Å². The van der Waals surface area contributed by atoms with Crippen molar-refractivity contribution in [2.75, 3.05) is 31.5 Å². The van der Waals surface area contributed by atoms with Crippen molar-refractivity contribution in [3.63, 3.8) is 0 Å². The molecule has 0 aromatic heterocycles. The van der Waals surface area contributed by atoms with Crippen molar-refractivity contribution in [1.82, 2.24) is 9.21 Å². The molecule has 0 spiro atoms. The predicted molar refractivity (Wildman–Crippen MR) is 120 cm³/mol. The molecule has 3 rings (SSSR count). The number of nitrogens with one attached hydrogen (secondary N) is 1. The van der Waals surface area contributed by atoms with Gasteiger partial charge in [-0.1, -0.05) is 49.4 Å². The van der Waals surface area contributed by atoms with Gasteiger partial charge in [0.25, 0.3) is 0 Å². The summed E-state index contributed by atoms with van der Waals surface area (Å²) in [6, 6.07) is 17.6. The van der Waals surface area contributed by atoms with Gasteiger partial charge in [-0.25, -0.2) is 8.42 Å². The Morgan fingerprint density at radius 1 is 1.07 bits per heavy atom. The second kappa shape index (κ2) is 9.32. The third-order valence-corrected chi connectivity index (χ3v) is 6.63. The van der Waals surface area contributed by atoms with Crippen molar-refractivity contribution >= 4 is 39.1 Å². The highest BCUT2D eigenvalue weighted by molar-refractivity contribution is 7.92. The minimum atomic E-state index is -3.44. The van der Waals surface area contributed by atoms with Crippen molar-refractivity contribution < 1.29 is 8.42 Å². The molecule has 2 aromatic rings. The maximum absolute atomic E-state index is 12.6. The van der Waals surface area contributed by atoms with Crippen LogP contribution in [-0.2, 0) is 16.4 Å². The van der Waals surface area contributed by atoms with Crippen molar-refractivity contribution in [2.24, 2.45) is 0 Å². The summed E-state index contributed by atoms with van der Waals surface area (Å²) in [7, 11) is -3.44. The lowest BCUT2D eigenvalue weighted by atomic mass is 10.1. The van der Waals surface area contributed by atoms with Gasteiger partial charge in [0, 0.05) is 37.3 Å². The summed E-state index contributed by atoms with van der Waals surface area (Å²) in [4.78, 5) is 2.01. The first-order chi connectivity index (χ1) is 13.5. The van der Waals surface area contributed by atoms with Crippen LogP contribution >= 0.6 is 12.2 Å². The van der Waals surface area contributed by atoms with E-state index in [9.17, 15) is 8.42 Å². The van der Waals surface area contributed by atoms with Gasteiger partial charge >= 0.3 is 0 Å². The van der Waals surface area contributed by atoms with Crippen LogP contribution in [0.3, 0.4) is 0 Å². The number of aryl methyl sites for hydroxylation is 1. The van der Waals surface area contributed by atoms with Crippen molar-refractivity contribution in [3.8, 4) is 0 Å². The van der Waals surface area contributed by atoms with Gasteiger partial charge in [-0.2, -0.15) is 4.31 Å². The average Bonchev–Trinajstić information content (AvgIpc) is 2.73. The molecule has 5 nitrogen and oxygen atoms in total. The Hall–Kier alpha value is -2.22. The van der Waals surface area contributed by atoms with E-state index in [2.05, 4.69) is 24.4 Å². The molecule has 0 aliphatic carbocycles. The van der Waals surface area contributed by atoms with Gasteiger partial charge in [0.05, 0.1) is 0 Å².